The van der Waals surface area contributed by atoms with Crippen LogP contribution in [0.5, 0.6) is 5.75 Å². The van der Waals surface area contributed by atoms with Crippen LogP contribution in [0.1, 0.15) is 0 Å². The van der Waals surface area contributed by atoms with E-state index in [2.05, 4.69) is 15.4 Å². The molecule has 3 aromatic heterocycles. The maximum absolute atomic E-state index is 14.5. The molecule has 0 aliphatic carbocycles. The van der Waals surface area contributed by atoms with Crippen molar-refractivity contribution in [2.45, 2.75) is 0 Å². The fourth-order valence-corrected chi connectivity index (χ4v) is 4.20. The minimum atomic E-state index is -0.672. The van der Waals surface area contributed by atoms with Crippen LogP contribution in [0.15, 0.2) is 59.5 Å². The van der Waals surface area contributed by atoms with Gasteiger partial charge in [-0.1, -0.05) is 17.7 Å². The highest BCUT2D eigenvalue weighted by Gasteiger charge is 2.22. The summed E-state index contributed by atoms with van der Waals surface area (Å²) < 4.78 is 22.9. The van der Waals surface area contributed by atoms with Gasteiger partial charge in [-0.25, -0.2) is 9.37 Å². The molecular weight excluding hydrogens is 445 g/mol. The molecule has 9 heteroatoms. The Morgan fingerprint density at radius 3 is 2.58 bits per heavy atom. The fraction of sp³-hybridized carbons (Fsp3) is 0.125. The fourth-order valence-electron chi connectivity index (χ4n) is 4.06. The molecule has 0 aliphatic rings. The third-order valence-corrected chi connectivity index (χ3v) is 5.81. The minimum absolute atomic E-state index is 0.243. The molecule has 0 radical (unpaired) electrons. The number of pyridine rings is 2. The van der Waals surface area contributed by atoms with Crippen LogP contribution in [0.4, 0.5) is 10.1 Å². The second-order valence-electron chi connectivity index (χ2n) is 7.55. The van der Waals surface area contributed by atoms with E-state index in [-0.39, 0.29) is 16.4 Å². The molecule has 166 valence electrons. The molecular formula is C24H19ClFN5O2. The van der Waals surface area contributed by atoms with Crippen molar-refractivity contribution < 1.29 is 9.13 Å². The van der Waals surface area contributed by atoms with E-state index < -0.39 is 5.82 Å². The van der Waals surface area contributed by atoms with E-state index in [4.69, 9.17) is 16.3 Å². The van der Waals surface area contributed by atoms with Crippen LogP contribution < -0.4 is 15.6 Å². The molecule has 5 rings (SSSR count). The van der Waals surface area contributed by atoms with E-state index in [1.165, 1.54) is 10.6 Å². The third kappa shape index (κ3) is 3.39. The van der Waals surface area contributed by atoms with E-state index in [9.17, 15) is 9.18 Å². The van der Waals surface area contributed by atoms with Gasteiger partial charge in [-0.15, -0.1) is 0 Å². The van der Waals surface area contributed by atoms with E-state index in [0.29, 0.717) is 33.6 Å². The van der Waals surface area contributed by atoms with E-state index in [1.54, 1.807) is 43.1 Å². The number of halogens is 2. The molecule has 3 heterocycles. The van der Waals surface area contributed by atoms with Gasteiger partial charge in [0, 0.05) is 31.1 Å². The monoisotopic (exact) mass is 463 g/mol. The highest BCUT2D eigenvalue weighted by molar-refractivity contribution is 6.30. The molecule has 0 atom stereocenters. The van der Waals surface area contributed by atoms with Crippen LogP contribution in [-0.2, 0) is 7.05 Å². The summed E-state index contributed by atoms with van der Waals surface area (Å²) in [6, 6.07) is 13.8. The first kappa shape index (κ1) is 21.0. The van der Waals surface area contributed by atoms with Gasteiger partial charge in [0.05, 0.1) is 29.6 Å². The van der Waals surface area contributed by atoms with Crippen molar-refractivity contribution in [1.82, 2.24) is 19.3 Å². The van der Waals surface area contributed by atoms with E-state index in [1.807, 2.05) is 31.4 Å². The predicted octanol–water partition coefficient (Wildman–Crippen LogP) is 4.78. The van der Waals surface area contributed by atoms with E-state index >= 15 is 0 Å². The van der Waals surface area contributed by atoms with Crippen LogP contribution >= 0.6 is 11.6 Å². The number of hydrogen-bond donors (Lipinski definition) is 1. The summed E-state index contributed by atoms with van der Waals surface area (Å²) in [4.78, 5) is 18.2. The zero-order chi connectivity index (χ0) is 23.3. The summed E-state index contributed by atoms with van der Waals surface area (Å²) in [5, 5.41) is 8.47. The summed E-state index contributed by atoms with van der Waals surface area (Å²) in [7, 11) is 5.09. The molecule has 0 saturated heterocycles. The van der Waals surface area contributed by atoms with Crippen LogP contribution in [0.3, 0.4) is 0 Å². The zero-order valence-corrected chi connectivity index (χ0v) is 18.8. The molecule has 0 saturated carbocycles. The summed E-state index contributed by atoms with van der Waals surface area (Å²) >= 11 is 6.02. The summed E-state index contributed by atoms with van der Waals surface area (Å²) in [6.45, 7) is 0. The number of hydrogen-bond acceptors (Lipinski definition) is 5. The average molecular weight is 464 g/mol. The number of aryl methyl sites for hydroxylation is 1. The quantitative estimate of drug-likeness (QED) is 0.388. The Bertz CT molecular complexity index is 1590. The predicted molar refractivity (Wildman–Crippen MR) is 128 cm³/mol. The molecule has 0 amide bonds. The van der Waals surface area contributed by atoms with Crippen molar-refractivity contribution >= 4 is 39.2 Å². The maximum Gasteiger partial charge on any atom is 0.266 e. The smallest absolute Gasteiger partial charge is 0.266 e. The van der Waals surface area contributed by atoms with Gasteiger partial charge in [0.1, 0.15) is 5.75 Å². The summed E-state index contributed by atoms with van der Waals surface area (Å²) in [6.07, 6.45) is 1.88. The number of benzene rings is 2. The molecule has 0 bridgehead atoms. The second kappa shape index (κ2) is 7.90. The average Bonchev–Trinajstić information content (AvgIpc) is 3.19. The SMILES string of the molecule is CNc1c(-c2ccc3nn(C)cc3c2)c(=O)n(-c2ccc(OC)cc2)c2nc(Cl)c(F)cc12. The molecule has 0 spiro atoms. The van der Waals surface area contributed by atoms with Crippen molar-refractivity contribution in [3.63, 3.8) is 0 Å². The standard InChI is InChI=1S/C24H19ClFN5O2/c1-27-21-17-11-18(26)22(25)28-23(17)31(15-5-7-16(33-3)8-6-15)24(32)20(21)13-4-9-19-14(10-13)12-30(2)29-19/h4-12,27H,1-3H3. The first-order valence-electron chi connectivity index (χ1n) is 10.1. The number of anilines is 1. The molecule has 1 N–H and O–H groups in total. The van der Waals surface area contributed by atoms with Gasteiger partial charge in [-0.05, 0) is 48.0 Å². The lowest BCUT2D eigenvalue weighted by atomic mass is 10.0. The van der Waals surface area contributed by atoms with Gasteiger partial charge in [0.2, 0.25) is 0 Å². The van der Waals surface area contributed by atoms with Gasteiger partial charge in [-0.3, -0.25) is 14.0 Å². The minimum Gasteiger partial charge on any atom is -0.497 e. The number of fused-ring (bicyclic) bond motifs is 2. The number of aromatic nitrogens is 4. The lowest BCUT2D eigenvalue weighted by molar-refractivity contribution is 0.414. The Morgan fingerprint density at radius 1 is 1.12 bits per heavy atom. The normalized spacial score (nSPS) is 11.3. The zero-order valence-electron chi connectivity index (χ0n) is 18.1. The first-order chi connectivity index (χ1) is 15.9. The molecule has 2 aromatic carbocycles. The van der Waals surface area contributed by atoms with Gasteiger partial charge in [0.15, 0.2) is 16.6 Å². The Labute approximate surface area is 193 Å². The summed E-state index contributed by atoms with van der Waals surface area (Å²) in [5.74, 6) is -0.0310. The summed E-state index contributed by atoms with van der Waals surface area (Å²) in [5.41, 5.74) is 2.79. The van der Waals surface area contributed by atoms with Crippen LogP contribution in [0.25, 0.3) is 38.8 Å². The van der Waals surface area contributed by atoms with Crippen molar-refractivity contribution in [1.29, 1.82) is 0 Å². The Morgan fingerprint density at radius 2 is 1.88 bits per heavy atom. The molecule has 33 heavy (non-hydrogen) atoms. The number of rotatable bonds is 4. The van der Waals surface area contributed by atoms with Gasteiger partial charge < -0.3 is 10.1 Å². The Kier molecular flexibility index (Phi) is 5.02. The number of ether oxygens (including phenoxy) is 1. The largest absolute Gasteiger partial charge is 0.497 e. The topological polar surface area (TPSA) is 74.0 Å². The highest BCUT2D eigenvalue weighted by Crippen LogP contribution is 2.35. The molecule has 0 unspecified atom stereocenters. The van der Waals surface area contributed by atoms with Crippen molar-refractivity contribution in [3.05, 3.63) is 76.1 Å². The lowest BCUT2D eigenvalue weighted by Gasteiger charge is -2.18. The maximum atomic E-state index is 14.5. The Hall–Kier alpha value is -3.91. The van der Waals surface area contributed by atoms with Crippen molar-refractivity contribution in [2.75, 3.05) is 19.5 Å². The van der Waals surface area contributed by atoms with Crippen LogP contribution in [0.2, 0.25) is 5.15 Å². The van der Waals surface area contributed by atoms with Gasteiger partial charge >= 0.3 is 0 Å². The van der Waals surface area contributed by atoms with Crippen molar-refractivity contribution in [3.8, 4) is 22.6 Å². The number of methoxy groups -OCH3 is 1. The molecule has 0 aliphatic heterocycles. The Balaban J connectivity index is 1.91. The number of nitrogens with one attached hydrogen (secondary N) is 1. The molecule has 7 nitrogen and oxygen atoms in total. The second-order valence-corrected chi connectivity index (χ2v) is 7.91. The van der Waals surface area contributed by atoms with Gasteiger partial charge in [0.25, 0.3) is 5.56 Å². The van der Waals surface area contributed by atoms with E-state index in [0.717, 1.165) is 10.9 Å². The highest BCUT2D eigenvalue weighted by atomic mass is 35.5. The third-order valence-electron chi connectivity index (χ3n) is 5.55. The van der Waals surface area contributed by atoms with Crippen LogP contribution in [-0.4, -0.2) is 33.5 Å². The number of nitrogens with zero attached hydrogens (tertiary/aromatic N) is 4. The molecule has 0 fully saturated rings. The first-order valence-corrected chi connectivity index (χ1v) is 10.5. The lowest BCUT2D eigenvalue weighted by Crippen LogP contribution is -2.23. The van der Waals surface area contributed by atoms with Crippen molar-refractivity contribution in [2.24, 2.45) is 7.05 Å². The van der Waals surface area contributed by atoms with Crippen LogP contribution in [0, 0.1) is 5.82 Å². The molecule has 5 aromatic rings. The van der Waals surface area contributed by atoms with Gasteiger partial charge in [-0.2, -0.15) is 5.10 Å².